The number of fused-ring (bicyclic) bond motifs is 1. The molecule has 0 bridgehead atoms. The smallest absolute Gasteiger partial charge is 0.228 e. The Morgan fingerprint density at radius 3 is 2.50 bits per heavy atom. The second-order valence-electron chi connectivity index (χ2n) is 3.62. The van der Waals surface area contributed by atoms with Crippen molar-refractivity contribution < 1.29 is 9.59 Å². The number of Topliss-reactive ketones (excluding diaryl/α,β-unsaturated/α-hetero) is 2. The van der Waals surface area contributed by atoms with Gasteiger partial charge in [0.15, 0.2) is 0 Å². The van der Waals surface area contributed by atoms with Gasteiger partial charge in [0.2, 0.25) is 11.6 Å². The van der Waals surface area contributed by atoms with E-state index in [0.717, 1.165) is 24.8 Å². The van der Waals surface area contributed by atoms with E-state index in [0.29, 0.717) is 12.0 Å². The third kappa shape index (κ3) is 1.60. The lowest BCUT2D eigenvalue weighted by atomic mass is 9.92. The van der Waals surface area contributed by atoms with Gasteiger partial charge in [-0.25, -0.2) is 0 Å². The minimum atomic E-state index is -0.305. The van der Waals surface area contributed by atoms with Crippen molar-refractivity contribution in [1.82, 2.24) is 0 Å². The summed E-state index contributed by atoms with van der Waals surface area (Å²) in [5.74, 6) is -0.544. The molecule has 1 aromatic rings. The average Bonchev–Trinajstić information content (AvgIpc) is 2.22. The van der Waals surface area contributed by atoms with E-state index < -0.39 is 0 Å². The van der Waals surface area contributed by atoms with Crippen LogP contribution in [0.3, 0.4) is 0 Å². The predicted octanol–water partition coefficient (Wildman–Crippen LogP) is 2.16. The van der Waals surface area contributed by atoms with E-state index >= 15 is 0 Å². The first kappa shape index (κ1) is 9.13. The Labute approximate surface area is 82.9 Å². The summed E-state index contributed by atoms with van der Waals surface area (Å²) in [6.07, 6.45) is 3.15. The van der Waals surface area contributed by atoms with E-state index in [2.05, 4.69) is 0 Å². The Morgan fingerprint density at radius 1 is 0.929 bits per heavy atom. The van der Waals surface area contributed by atoms with Crippen LogP contribution in [0.5, 0.6) is 0 Å². The van der Waals surface area contributed by atoms with E-state index in [9.17, 15) is 9.59 Å². The van der Waals surface area contributed by atoms with Crippen molar-refractivity contribution in [3.05, 3.63) is 35.4 Å². The molecule has 0 saturated carbocycles. The number of carbonyl (C=O) groups excluding carboxylic acids is 2. The van der Waals surface area contributed by atoms with Crippen LogP contribution in [-0.2, 0) is 11.2 Å². The second kappa shape index (κ2) is 3.74. The molecular formula is C12H12O2. The first-order valence-corrected chi connectivity index (χ1v) is 4.94. The van der Waals surface area contributed by atoms with E-state index in [4.69, 9.17) is 0 Å². The van der Waals surface area contributed by atoms with Gasteiger partial charge < -0.3 is 0 Å². The minimum absolute atomic E-state index is 0.239. The van der Waals surface area contributed by atoms with Gasteiger partial charge in [0.25, 0.3) is 0 Å². The highest BCUT2D eigenvalue weighted by molar-refractivity contribution is 6.44. The molecule has 0 spiro atoms. The summed E-state index contributed by atoms with van der Waals surface area (Å²) in [7, 11) is 0. The van der Waals surface area contributed by atoms with Crippen molar-refractivity contribution in [3.8, 4) is 0 Å². The fraction of sp³-hybridized carbons (Fsp3) is 0.333. The molecule has 1 aromatic carbocycles. The largest absolute Gasteiger partial charge is 0.290 e. The Morgan fingerprint density at radius 2 is 1.64 bits per heavy atom. The molecule has 2 heteroatoms. The lowest BCUT2D eigenvalue weighted by molar-refractivity contribution is -0.115. The first-order chi connectivity index (χ1) is 6.79. The van der Waals surface area contributed by atoms with E-state index in [-0.39, 0.29) is 11.6 Å². The SMILES string of the molecule is O=C1CCCCc2ccccc2C1=O. The third-order valence-corrected chi connectivity index (χ3v) is 2.62. The summed E-state index contributed by atoms with van der Waals surface area (Å²) in [5, 5.41) is 0. The van der Waals surface area contributed by atoms with Gasteiger partial charge in [-0.3, -0.25) is 9.59 Å². The van der Waals surface area contributed by atoms with Crippen molar-refractivity contribution in [2.75, 3.05) is 0 Å². The van der Waals surface area contributed by atoms with Crippen molar-refractivity contribution in [2.45, 2.75) is 25.7 Å². The topological polar surface area (TPSA) is 34.1 Å². The third-order valence-electron chi connectivity index (χ3n) is 2.62. The summed E-state index contributed by atoms with van der Waals surface area (Å²) in [6, 6.07) is 7.41. The summed E-state index contributed by atoms with van der Waals surface area (Å²) in [4.78, 5) is 23.0. The minimum Gasteiger partial charge on any atom is -0.290 e. The molecule has 72 valence electrons. The van der Waals surface area contributed by atoms with Gasteiger partial charge in [0.05, 0.1) is 0 Å². The number of carbonyl (C=O) groups is 2. The van der Waals surface area contributed by atoms with Crippen molar-refractivity contribution in [1.29, 1.82) is 0 Å². The van der Waals surface area contributed by atoms with Crippen molar-refractivity contribution in [3.63, 3.8) is 0 Å². The van der Waals surface area contributed by atoms with Crippen LogP contribution in [0.4, 0.5) is 0 Å². The molecule has 0 aliphatic heterocycles. The molecule has 14 heavy (non-hydrogen) atoms. The Bertz CT molecular complexity index is 380. The maximum absolute atomic E-state index is 11.6. The molecule has 0 heterocycles. The lowest BCUT2D eigenvalue weighted by Gasteiger charge is -2.11. The van der Waals surface area contributed by atoms with Gasteiger partial charge in [0.1, 0.15) is 0 Å². The average molecular weight is 188 g/mol. The zero-order valence-corrected chi connectivity index (χ0v) is 7.95. The molecule has 1 aliphatic rings. The van der Waals surface area contributed by atoms with Gasteiger partial charge in [-0.15, -0.1) is 0 Å². The zero-order valence-electron chi connectivity index (χ0n) is 7.95. The fourth-order valence-electron chi connectivity index (χ4n) is 1.82. The lowest BCUT2D eigenvalue weighted by Crippen LogP contribution is -2.18. The molecule has 0 N–H and O–H groups in total. The van der Waals surface area contributed by atoms with Gasteiger partial charge in [-0.05, 0) is 24.8 Å². The van der Waals surface area contributed by atoms with E-state index in [1.807, 2.05) is 18.2 Å². The highest BCUT2D eigenvalue weighted by Crippen LogP contribution is 2.17. The predicted molar refractivity (Wildman–Crippen MR) is 53.3 cm³/mol. The summed E-state index contributed by atoms with van der Waals surface area (Å²) in [5.41, 5.74) is 1.63. The number of benzene rings is 1. The van der Waals surface area contributed by atoms with Gasteiger partial charge in [0, 0.05) is 12.0 Å². The number of aryl methyl sites for hydroxylation is 1. The fourth-order valence-corrected chi connectivity index (χ4v) is 1.82. The number of hydrogen-bond donors (Lipinski definition) is 0. The van der Waals surface area contributed by atoms with Crippen LogP contribution in [0.25, 0.3) is 0 Å². The molecule has 2 rings (SSSR count). The van der Waals surface area contributed by atoms with Crippen LogP contribution < -0.4 is 0 Å². The van der Waals surface area contributed by atoms with Crippen molar-refractivity contribution in [2.24, 2.45) is 0 Å². The van der Waals surface area contributed by atoms with Crippen LogP contribution in [0.2, 0.25) is 0 Å². The van der Waals surface area contributed by atoms with E-state index in [1.54, 1.807) is 6.07 Å². The maximum Gasteiger partial charge on any atom is 0.228 e. The second-order valence-corrected chi connectivity index (χ2v) is 3.62. The normalized spacial score (nSPS) is 17.1. The van der Waals surface area contributed by atoms with Crippen LogP contribution in [0, 0.1) is 0 Å². The molecule has 0 amide bonds. The van der Waals surface area contributed by atoms with Crippen LogP contribution in [0.1, 0.15) is 35.2 Å². The Kier molecular flexibility index (Phi) is 2.44. The van der Waals surface area contributed by atoms with Gasteiger partial charge >= 0.3 is 0 Å². The standard InChI is InChI=1S/C12H12O2/c13-11-8-4-2-6-9-5-1-3-7-10(9)12(11)14/h1,3,5,7H,2,4,6,8H2. The number of hydrogen-bond acceptors (Lipinski definition) is 2. The van der Waals surface area contributed by atoms with E-state index in [1.165, 1.54) is 0 Å². The summed E-state index contributed by atoms with van der Waals surface area (Å²) >= 11 is 0. The maximum atomic E-state index is 11.6. The van der Waals surface area contributed by atoms with Gasteiger partial charge in [-0.2, -0.15) is 0 Å². The van der Waals surface area contributed by atoms with Gasteiger partial charge in [-0.1, -0.05) is 24.3 Å². The van der Waals surface area contributed by atoms with Crippen LogP contribution in [-0.4, -0.2) is 11.6 Å². The van der Waals surface area contributed by atoms with Crippen LogP contribution >= 0.6 is 0 Å². The molecule has 0 atom stereocenters. The summed E-state index contributed by atoms with van der Waals surface area (Å²) in [6.45, 7) is 0. The molecular weight excluding hydrogens is 176 g/mol. The first-order valence-electron chi connectivity index (χ1n) is 4.94. The molecule has 2 nitrogen and oxygen atoms in total. The molecule has 0 aromatic heterocycles. The monoisotopic (exact) mass is 188 g/mol. The molecule has 0 radical (unpaired) electrons. The highest BCUT2D eigenvalue weighted by Gasteiger charge is 2.20. The Hall–Kier alpha value is -1.44. The molecule has 0 saturated heterocycles. The molecule has 0 fully saturated rings. The number of rotatable bonds is 0. The highest BCUT2D eigenvalue weighted by atomic mass is 16.2. The quantitative estimate of drug-likeness (QED) is 0.585. The zero-order chi connectivity index (χ0) is 9.97. The number of ketones is 2. The Balaban J connectivity index is 2.45. The summed E-state index contributed by atoms with van der Waals surface area (Å²) < 4.78 is 0. The van der Waals surface area contributed by atoms with Crippen molar-refractivity contribution >= 4 is 11.6 Å². The molecule has 0 unspecified atom stereocenters. The molecule has 1 aliphatic carbocycles. The van der Waals surface area contributed by atoms with Crippen LogP contribution in [0.15, 0.2) is 24.3 Å².